The highest BCUT2D eigenvalue weighted by atomic mass is 16.6. The van der Waals surface area contributed by atoms with Gasteiger partial charge in [-0.15, -0.1) is 0 Å². The number of ether oxygens (including phenoxy) is 1. The van der Waals surface area contributed by atoms with Gasteiger partial charge in [-0.3, -0.25) is 9.59 Å². The Morgan fingerprint density at radius 2 is 1.75 bits per heavy atom. The zero-order valence-corrected chi connectivity index (χ0v) is 22.1. The summed E-state index contributed by atoms with van der Waals surface area (Å²) in [4.78, 5) is 41.2. The second kappa shape index (κ2) is 13.0. The van der Waals surface area contributed by atoms with Gasteiger partial charge in [-0.1, -0.05) is 50.1 Å². The first-order valence-corrected chi connectivity index (χ1v) is 12.4. The van der Waals surface area contributed by atoms with Crippen molar-refractivity contribution in [3.8, 4) is 5.75 Å². The summed E-state index contributed by atoms with van der Waals surface area (Å²) < 4.78 is 5.30. The molecule has 0 aliphatic rings. The summed E-state index contributed by atoms with van der Waals surface area (Å²) in [6, 6.07) is 11.7. The lowest BCUT2D eigenvalue weighted by atomic mass is 10.0. The van der Waals surface area contributed by atoms with E-state index in [1.165, 1.54) is 17.0 Å². The van der Waals surface area contributed by atoms with Crippen LogP contribution in [0.2, 0.25) is 0 Å². The van der Waals surface area contributed by atoms with Crippen molar-refractivity contribution < 1.29 is 24.2 Å². The predicted octanol–water partition coefficient (Wildman–Crippen LogP) is 5.31. The molecule has 196 valence electrons. The van der Waals surface area contributed by atoms with Gasteiger partial charge in [-0.2, -0.15) is 0 Å². The van der Waals surface area contributed by atoms with Crippen molar-refractivity contribution in [3.05, 3.63) is 59.7 Å². The molecular weight excluding hydrogens is 458 g/mol. The van der Waals surface area contributed by atoms with E-state index in [-0.39, 0.29) is 5.75 Å². The normalized spacial score (nSPS) is 12.8. The second-order valence-electron chi connectivity index (χ2n) is 9.91. The summed E-state index contributed by atoms with van der Waals surface area (Å²) in [5.74, 6) is -0.850. The van der Waals surface area contributed by atoms with E-state index in [1.54, 1.807) is 45.9 Å². The van der Waals surface area contributed by atoms with Crippen LogP contribution < -0.4 is 10.6 Å². The molecule has 2 aromatic rings. The maximum absolute atomic E-state index is 13.7. The Morgan fingerprint density at radius 3 is 2.36 bits per heavy atom. The van der Waals surface area contributed by atoms with Crippen LogP contribution in [0.1, 0.15) is 71.0 Å². The molecule has 0 saturated carbocycles. The fourth-order valence-electron chi connectivity index (χ4n) is 3.78. The molecule has 0 aliphatic carbocycles. The monoisotopic (exact) mass is 497 g/mol. The zero-order valence-electron chi connectivity index (χ0n) is 22.1. The third kappa shape index (κ3) is 8.59. The van der Waals surface area contributed by atoms with Crippen LogP contribution >= 0.6 is 0 Å². The fourth-order valence-corrected chi connectivity index (χ4v) is 3.78. The van der Waals surface area contributed by atoms with E-state index in [0.717, 1.165) is 18.4 Å². The molecule has 8 heteroatoms. The first kappa shape index (κ1) is 28.7. The standard InChI is InChI=1S/C28H39N3O5/c1-7-8-11-17-31(26(34)20(3)29-27(35)36-28(4,5)6)24(21-14-12-15-22(32)18-21)25(33)30-23-16-10-9-13-19(23)2/h9-10,12-16,18,20,24,32H,7-8,11,17H2,1-6H3,(H,29,35)(H,30,33). The lowest BCUT2D eigenvalue weighted by molar-refractivity contribution is -0.140. The number of hydrogen-bond acceptors (Lipinski definition) is 5. The number of nitrogens with zero attached hydrogens (tertiary/aromatic N) is 1. The van der Waals surface area contributed by atoms with Crippen molar-refractivity contribution in [3.63, 3.8) is 0 Å². The highest BCUT2D eigenvalue weighted by Crippen LogP contribution is 2.28. The van der Waals surface area contributed by atoms with Crippen molar-refractivity contribution in [2.45, 2.75) is 78.5 Å². The average Bonchev–Trinajstić information content (AvgIpc) is 2.78. The van der Waals surface area contributed by atoms with Gasteiger partial charge in [0.25, 0.3) is 5.91 Å². The van der Waals surface area contributed by atoms with Gasteiger partial charge in [0.05, 0.1) is 0 Å². The minimum Gasteiger partial charge on any atom is -0.508 e. The minimum atomic E-state index is -1.02. The van der Waals surface area contributed by atoms with Crippen molar-refractivity contribution in [1.29, 1.82) is 0 Å². The molecule has 0 saturated heterocycles. The lowest BCUT2D eigenvalue weighted by Gasteiger charge is -2.34. The quantitative estimate of drug-likeness (QED) is 0.386. The minimum absolute atomic E-state index is 0.0120. The fraction of sp³-hybridized carbons (Fsp3) is 0.464. The molecule has 2 unspecified atom stereocenters. The molecule has 3 amide bonds. The van der Waals surface area contributed by atoms with E-state index in [0.29, 0.717) is 24.2 Å². The average molecular weight is 498 g/mol. The number of aryl methyl sites for hydroxylation is 1. The molecule has 36 heavy (non-hydrogen) atoms. The highest BCUT2D eigenvalue weighted by molar-refractivity contribution is 5.99. The second-order valence-corrected chi connectivity index (χ2v) is 9.91. The molecule has 0 fully saturated rings. The van der Waals surface area contributed by atoms with Crippen LogP contribution in [-0.2, 0) is 14.3 Å². The van der Waals surface area contributed by atoms with Gasteiger partial charge >= 0.3 is 6.09 Å². The number of rotatable bonds is 10. The number of para-hydroxylation sites is 1. The zero-order chi connectivity index (χ0) is 26.9. The summed E-state index contributed by atoms with van der Waals surface area (Å²) >= 11 is 0. The Balaban J connectivity index is 2.43. The van der Waals surface area contributed by atoms with Crippen LogP contribution in [0, 0.1) is 6.92 Å². The van der Waals surface area contributed by atoms with E-state index in [9.17, 15) is 19.5 Å². The Hall–Kier alpha value is -3.55. The molecule has 0 aliphatic heterocycles. The molecule has 0 bridgehead atoms. The number of carbonyl (C=O) groups is 3. The van der Waals surface area contributed by atoms with Crippen molar-refractivity contribution in [2.24, 2.45) is 0 Å². The number of benzene rings is 2. The number of aromatic hydroxyl groups is 1. The Kier molecular flexibility index (Phi) is 10.3. The van der Waals surface area contributed by atoms with Gasteiger partial charge in [0.1, 0.15) is 23.4 Å². The van der Waals surface area contributed by atoms with Gasteiger partial charge < -0.3 is 25.4 Å². The van der Waals surface area contributed by atoms with Crippen LogP contribution in [0.3, 0.4) is 0 Å². The SMILES string of the molecule is CCCCCN(C(=O)C(C)NC(=O)OC(C)(C)C)C(C(=O)Nc1ccccc1C)c1cccc(O)c1. The van der Waals surface area contributed by atoms with Crippen LogP contribution in [0.25, 0.3) is 0 Å². The topological polar surface area (TPSA) is 108 Å². The molecule has 2 aromatic carbocycles. The first-order valence-electron chi connectivity index (χ1n) is 12.4. The number of unbranched alkanes of at least 4 members (excludes halogenated alkanes) is 2. The highest BCUT2D eigenvalue weighted by Gasteiger charge is 2.34. The number of carbonyl (C=O) groups excluding carboxylic acids is 3. The molecule has 2 rings (SSSR count). The number of nitrogens with one attached hydrogen (secondary N) is 2. The Labute approximate surface area is 214 Å². The van der Waals surface area contributed by atoms with Crippen LogP contribution in [0.5, 0.6) is 5.75 Å². The molecule has 0 spiro atoms. The molecule has 8 nitrogen and oxygen atoms in total. The molecule has 3 N–H and O–H groups in total. The van der Waals surface area contributed by atoms with Gasteiger partial charge in [0.2, 0.25) is 5.91 Å². The summed E-state index contributed by atoms with van der Waals surface area (Å²) in [7, 11) is 0. The number of anilines is 1. The number of phenols is 1. The molecule has 0 aromatic heterocycles. The van der Waals surface area contributed by atoms with Crippen molar-refractivity contribution in [2.75, 3.05) is 11.9 Å². The first-order chi connectivity index (χ1) is 16.9. The van der Waals surface area contributed by atoms with Gasteiger partial charge in [0.15, 0.2) is 0 Å². The summed E-state index contributed by atoms with van der Waals surface area (Å²) in [6.07, 6.45) is 1.76. The van der Waals surface area contributed by atoms with Gasteiger partial charge in [-0.05, 0) is 70.4 Å². The van der Waals surface area contributed by atoms with Crippen LogP contribution in [0.15, 0.2) is 48.5 Å². The number of phenolic OH excluding ortho intramolecular Hbond substituents is 1. The lowest BCUT2D eigenvalue weighted by Crippen LogP contribution is -2.51. The van der Waals surface area contributed by atoms with E-state index in [2.05, 4.69) is 17.6 Å². The summed E-state index contributed by atoms with van der Waals surface area (Å²) in [5, 5.41) is 15.7. The van der Waals surface area contributed by atoms with E-state index < -0.39 is 35.6 Å². The Bertz CT molecular complexity index is 1050. The number of hydrogen-bond donors (Lipinski definition) is 3. The summed E-state index contributed by atoms with van der Waals surface area (Å²) in [5.41, 5.74) is 1.26. The van der Waals surface area contributed by atoms with Crippen molar-refractivity contribution >= 4 is 23.6 Å². The maximum atomic E-state index is 13.7. The largest absolute Gasteiger partial charge is 0.508 e. The smallest absolute Gasteiger partial charge is 0.408 e. The summed E-state index contributed by atoms with van der Waals surface area (Å²) in [6.45, 7) is 11.0. The predicted molar refractivity (Wildman–Crippen MR) is 141 cm³/mol. The number of amides is 3. The van der Waals surface area contributed by atoms with Gasteiger partial charge in [-0.25, -0.2) is 4.79 Å². The molecule has 2 atom stereocenters. The van der Waals surface area contributed by atoms with Crippen LogP contribution in [-0.4, -0.2) is 46.1 Å². The van der Waals surface area contributed by atoms with Crippen LogP contribution in [0.4, 0.5) is 10.5 Å². The molecule has 0 radical (unpaired) electrons. The molecular formula is C28H39N3O5. The van der Waals surface area contributed by atoms with E-state index in [4.69, 9.17) is 4.74 Å². The third-order valence-corrected chi connectivity index (χ3v) is 5.54. The van der Waals surface area contributed by atoms with E-state index in [1.807, 2.05) is 25.1 Å². The van der Waals surface area contributed by atoms with Crippen molar-refractivity contribution in [1.82, 2.24) is 10.2 Å². The van der Waals surface area contributed by atoms with Gasteiger partial charge in [0, 0.05) is 12.2 Å². The number of alkyl carbamates (subject to hydrolysis) is 1. The molecule has 0 heterocycles. The Morgan fingerprint density at radius 1 is 1.06 bits per heavy atom. The third-order valence-electron chi connectivity index (χ3n) is 5.54. The van der Waals surface area contributed by atoms with E-state index >= 15 is 0 Å². The maximum Gasteiger partial charge on any atom is 0.408 e.